The Morgan fingerprint density at radius 3 is 2.78 bits per heavy atom. The fraction of sp³-hybridized carbons (Fsp3) is 0.471. The largest absolute Gasteiger partial charge is 0.493 e. The van der Waals surface area contributed by atoms with Gasteiger partial charge in [-0.2, -0.15) is 0 Å². The third-order valence-corrected chi connectivity index (χ3v) is 4.93. The summed E-state index contributed by atoms with van der Waals surface area (Å²) in [5, 5.41) is 0. The van der Waals surface area contributed by atoms with Crippen LogP contribution in [0.2, 0.25) is 0 Å². The van der Waals surface area contributed by atoms with E-state index in [2.05, 4.69) is 22.6 Å². The van der Waals surface area contributed by atoms with E-state index in [1.807, 2.05) is 18.2 Å². The van der Waals surface area contributed by atoms with E-state index in [0.29, 0.717) is 31.1 Å². The first-order valence-electron chi connectivity index (χ1n) is 7.61. The Bertz CT molecular complexity index is 619. The summed E-state index contributed by atoms with van der Waals surface area (Å²) in [5.41, 5.74) is 1.07. The zero-order valence-corrected chi connectivity index (χ0v) is 15.1. The molecule has 1 aromatic rings. The van der Waals surface area contributed by atoms with Gasteiger partial charge in [-0.3, -0.25) is 4.79 Å². The Morgan fingerprint density at radius 1 is 1.35 bits per heavy atom. The molecule has 124 valence electrons. The van der Waals surface area contributed by atoms with Gasteiger partial charge in [-0.15, -0.1) is 0 Å². The number of para-hydroxylation sites is 1. The molecule has 1 spiro atoms. The molecule has 0 saturated carbocycles. The molecule has 0 bridgehead atoms. The highest BCUT2D eigenvalue weighted by atomic mass is 127. The van der Waals surface area contributed by atoms with Crippen LogP contribution in [0.3, 0.4) is 0 Å². The molecule has 0 radical (unpaired) electrons. The maximum Gasteiger partial charge on any atom is 0.315 e. The second-order valence-electron chi connectivity index (χ2n) is 5.60. The van der Waals surface area contributed by atoms with E-state index >= 15 is 0 Å². The van der Waals surface area contributed by atoms with Crippen LogP contribution in [-0.2, 0) is 14.3 Å². The first-order chi connectivity index (χ1) is 11.1. The van der Waals surface area contributed by atoms with E-state index in [1.165, 1.54) is 0 Å². The smallest absolute Gasteiger partial charge is 0.315 e. The molecule has 1 heterocycles. The molecule has 0 N–H and O–H groups in total. The second-order valence-corrected chi connectivity index (χ2v) is 6.76. The fourth-order valence-corrected chi connectivity index (χ4v) is 3.44. The van der Waals surface area contributed by atoms with Crippen molar-refractivity contribution in [2.75, 3.05) is 20.3 Å². The van der Waals surface area contributed by atoms with Gasteiger partial charge in [0.1, 0.15) is 0 Å². The van der Waals surface area contributed by atoms with Crippen LogP contribution in [0.4, 0.5) is 0 Å². The highest BCUT2D eigenvalue weighted by molar-refractivity contribution is 14.1. The van der Waals surface area contributed by atoms with Gasteiger partial charge in [0.2, 0.25) is 0 Å². The molecule has 1 saturated heterocycles. The van der Waals surface area contributed by atoms with E-state index in [9.17, 15) is 4.79 Å². The van der Waals surface area contributed by atoms with E-state index in [-0.39, 0.29) is 12.4 Å². The zero-order chi connectivity index (χ0) is 16.3. The predicted octanol–water partition coefficient (Wildman–Crippen LogP) is 3.45. The first kappa shape index (κ1) is 16.7. The molecule has 1 aliphatic heterocycles. The summed E-state index contributed by atoms with van der Waals surface area (Å²) in [6.45, 7) is 1.30. The number of carbonyl (C=O) groups excluding carboxylic acids is 1. The van der Waals surface area contributed by atoms with E-state index in [4.69, 9.17) is 18.9 Å². The highest BCUT2D eigenvalue weighted by Crippen LogP contribution is 2.36. The minimum absolute atomic E-state index is 0.275. The van der Waals surface area contributed by atoms with Crippen molar-refractivity contribution in [1.82, 2.24) is 0 Å². The molecule has 5 nitrogen and oxygen atoms in total. The third kappa shape index (κ3) is 3.87. The lowest BCUT2D eigenvalue weighted by molar-refractivity contribution is -0.161. The quantitative estimate of drug-likeness (QED) is 0.317. The Hall–Kier alpha value is -1.12. The van der Waals surface area contributed by atoms with Gasteiger partial charge < -0.3 is 18.9 Å². The van der Waals surface area contributed by atoms with Crippen LogP contribution >= 0.6 is 22.6 Å². The van der Waals surface area contributed by atoms with Crippen molar-refractivity contribution in [3.8, 4) is 11.5 Å². The van der Waals surface area contributed by atoms with Crippen molar-refractivity contribution in [3.05, 3.63) is 33.4 Å². The maximum absolute atomic E-state index is 12.2. The minimum Gasteiger partial charge on any atom is -0.493 e. The van der Waals surface area contributed by atoms with Crippen LogP contribution in [0, 0.1) is 3.57 Å². The van der Waals surface area contributed by atoms with Crippen LogP contribution in [0.25, 0.3) is 0 Å². The van der Waals surface area contributed by atoms with Crippen molar-refractivity contribution in [2.45, 2.75) is 31.5 Å². The van der Waals surface area contributed by atoms with Crippen LogP contribution in [0.1, 0.15) is 25.7 Å². The third-order valence-electron chi connectivity index (χ3n) is 4.08. The minimum atomic E-state index is -0.453. The van der Waals surface area contributed by atoms with Gasteiger partial charge in [0.25, 0.3) is 0 Å². The van der Waals surface area contributed by atoms with Crippen molar-refractivity contribution in [2.24, 2.45) is 0 Å². The molecule has 0 aromatic heterocycles. The Morgan fingerprint density at radius 2 is 2.13 bits per heavy atom. The number of hydrogen-bond donors (Lipinski definition) is 0. The molecule has 1 aromatic carbocycles. The molecule has 1 aliphatic carbocycles. The molecule has 6 heteroatoms. The van der Waals surface area contributed by atoms with Crippen molar-refractivity contribution in [3.63, 3.8) is 0 Å². The van der Waals surface area contributed by atoms with Crippen LogP contribution in [0.15, 0.2) is 29.8 Å². The van der Waals surface area contributed by atoms with Crippen molar-refractivity contribution in [1.29, 1.82) is 0 Å². The number of halogens is 1. The summed E-state index contributed by atoms with van der Waals surface area (Å²) in [6, 6.07) is 5.52. The SMILES string of the molecule is COc1cccc(I)c1OC(=O)CC1=CCC2(CC1)OCCO2. The molecule has 0 amide bonds. The lowest BCUT2D eigenvalue weighted by Gasteiger charge is -2.30. The molecule has 23 heavy (non-hydrogen) atoms. The molecule has 0 unspecified atom stereocenters. The van der Waals surface area contributed by atoms with Gasteiger partial charge in [-0.05, 0) is 41.1 Å². The van der Waals surface area contributed by atoms with Gasteiger partial charge >= 0.3 is 5.97 Å². The fourth-order valence-electron chi connectivity index (χ4n) is 2.86. The topological polar surface area (TPSA) is 54.0 Å². The zero-order valence-electron chi connectivity index (χ0n) is 13.0. The number of methoxy groups -OCH3 is 1. The molecule has 3 rings (SSSR count). The lowest BCUT2D eigenvalue weighted by atomic mass is 9.92. The molecular formula is C17H19IO5. The maximum atomic E-state index is 12.2. The van der Waals surface area contributed by atoms with Crippen LogP contribution in [-0.4, -0.2) is 32.1 Å². The lowest BCUT2D eigenvalue weighted by Crippen LogP contribution is -2.32. The van der Waals surface area contributed by atoms with E-state index < -0.39 is 5.79 Å². The average Bonchev–Trinajstić information content (AvgIpc) is 3.00. The number of benzene rings is 1. The van der Waals surface area contributed by atoms with Crippen LogP contribution in [0.5, 0.6) is 11.5 Å². The Balaban J connectivity index is 1.61. The predicted molar refractivity (Wildman–Crippen MR) is 92.5 cm³/mol. The highest BCUT2D eigenvalue weighted by Gasteiger charge is 2.37. The van der Waals surface area contributed by atoms with Gasteiger partial charge in [0.05, 0.1) is 30.3 Å². The number of ether oxygens (including phenoxy) is 4. The number of carbonyl (C=O) groups is 1. The van der Waals surface area contributed by atoms with Crippen molar-refractivity contribution < 1.29 is 23.7 Å². The summed E-state index contributed by atoms with van der Waals surface area (Å²) >= 11 is 2.13. The Kier molecular flexibility index (Phi) is 5.23. The van der Waals surface area contributed by atoms with Crippen molar-refractivity contribution >= 4 is 28.6 Å². The van der Waals surface area contributed by atoms with Crippen LogP contribution < -0.4 is 9.47 Å². The normalized spacial score (nSPS) is 19.5. The summed E-state index contributed by atoms with van der Waals surface area (Å²) in [6.07, 6.45) is 4.60. The van der Waals surface area contributed by atoms with Gasteiger partial charge in [-0.25, -0.2) is 0 Å². The Labute approximate surface area is 149 Å². The van der Waals surface area contributed by atoms with Gasteiger partial charge in [0.15, 0.2) is 17.3 Å². The standard InChI is InChI=1S/C17H19IO5/c1-20-14-4-2-3-13(18)16(14)23-15(19)11-12-5-7-17(8-6-12)21-9-10-22-17/h2-5H,6-11H2,1H3. The van der Waals surface area contributed by atoms with Gasteiger partial charge in [0, 0.05) is 12.8 Å². The average molecular weight is 430 g/mol. The molecule has 0 atom stereocenters. The molecular weight excluding hydrogens is 411 g/mol. The number of rotatable bonds is 4. The van der Waals surface area contributed by atoms with Gasteiger partial charge in [-0.1, -0.05) is 17.7 Å². The molecule has 1 fully saturated rings. The summed E-state index contributed by atoms with van der Waals surface area (Å²) < 4.78 is 23.0. The number of hydrogen-bond acceptors (Lipinski definition) is 5. The first-order valence-corrected chi connectivity index (χ1v) is 8.69. The van der Waals surface area contributed by atoms with E-state index in [1.54, 1.807) is 13.2 Å². The second kappa shape index (κ2) is 7.19. The summed E-state index contributed by atoms with van der Waals surface area (Å²) in [4.78, 5) is 12.2. The van der Waals surface area contributed by atoms with E-state index in [0.717, 1.165) is 22.0 Å². The molecule has 2 aliphatic rings. The monoisotopic (exact) mass is 430 g/mol. The summed E-state index contributed by atoms with van der Waals surface area (Å²) in [7, 11) is 1.56. The number of esters is 1. The summed E-state index contributed by atoms with van der Waals surface area (Å²) in [5.74, 6) is 0.319.